The Morgan fingerprint density at radius 1 is 1.18 bits per heavy atom. The predicted octanol–water partition coefficient (Wildman–Crippen LogP) is 4.13. The van der Waals surface area contributed by atoms with Crippen molar-refractivity contribution in [3.63, 3.8) is 0 Å². The lowest BCUT2D eigenvalue weighted by Crippen LogP contribution is -2.43. The third kappa shape index (κ3) is 4.50. The Labute approximate surface area is 198 Å². The molecular formula is C25H29N5O4. The van der Waals surface area contributed by atoms with Gasteiger partial charge in [-0.3, -0.25) is 4.57 Å². The van der Waals surface area contributed by atoms with Crippen molar-refractivity contribution in [2.45, 2.75) is 38.0 Å². The van der Waals surface area contributed by atoms with Gasteiger partial charge in [0.1, 0.15) is 18.6 Å². The van der Waals surface area contributed by atoms with E-state index in [1.807, 2.05) is 19.1 Å². The smallest absolute Gasteiger partial charge is 0.415 e. The number of nitrogens with zero attached hydrogens (tertiary/aromatic N) is 5. The highest BCUT2D eigenvalue weighted by molar-refractivity contribution is 5.51. The molecule has 2 aromatic carbocycles. The summed E-state index contributed by atoms with van der Waals surface area (Å²) in [6.07, 6.45) is 3.63. The molecule has 0 N–H and O–H groups in total. The lowest BCUT2D eigenvalue weighted by atomic mass is 10.0. The first-order chi connectivity index (χ1) is 16.4. The predicted molar refractivity (Wildman–Crippen MR) is 130 cm³/mol. The van der Waals surface area contributed by atoms with Crippen molar-refractivity contribution in [1.29, 1.82) is 0 Å². The zero-order valence-corrected chi connectivity index (χ0v) is 19.5. The summed E-state index contributed by atoms with van der Waals surface area (Å²) >= 11 is 0. The number of hydrogen-bond donors (Lipinski definition) is 0. The van der Waals surface area contributed by atoms with Crippen molar-refractivity contribution in [3.05, 3.63) is 70.9 Å². The zero-order valence-electron chi connectivity index (χ0n) is 19.5. The van der Waals surface area contributed by atoms with E-state index in [9.17, 15) is 10.1 Å². The third-order valence-electron chi connectivity index (χ3n) is 6.68. The van der Waals surface area contributed by atoms with Crippen molar-refractivity contribution < 1.29 is 14.4 Å². The molecule has 2 aliphatic heterocycles. The molecule has 1 atom stereocenters. The van der Waals surface area contributed by atoms with Gasteiger partial charge >= 0.3 is 11.8 Å². The Balaban J connectivity index is 1.12. The van der Waals surface area contributed by atoms with E-state index in [1.54, 1.807) is 4.57 Å². The molecule has 178 valence electrons. The lowest BCUT2D eigenvalue weighted by molar-refractivity contribution is -0.389. The highest BCUT2D eigenvalue weighted by Crippen LogP contribution is 2.32. The molecule has 9 nitrogen and oxygen atoms in total. The molecule has 9 heteroatoms. The first-order valence-corrected chi connectivity index (χ1v) is 11.6. The van der Waals surface area contributed by atoms with Gasteiger partial charge < -0.3 is 29.4 Å². The van der Waals surface area contributed by atoms with Crippen molar-refractivity contribution in [3.8, 4) is 11.8 Å². The molecule has 1 saturated heterocycles. The van der Waals surface area contributed by atoms with E-state index in [1.165, 1.54) is 17.6 Å². The van der Waals surface area contributed by atoms with E-state index >= 15 is 0 Å². The molecule has 0 bridgehead atoms. The molecule has 34 heavy (non-hydrogen) atoms. The van der Waals surface area contributed by atoms with Crippen LogP contribution in [0.5, 0.6) is 11.8 Å². The Hall–Kier alpha value is -3.75. The van der Waals surface area contributed by atoms with E-state index in [2.05, 4.69) is 64.3 Å². The fourth-order valence-corrected chi connectivity index (χ4v) is 4.73. The Kier molecular flexibility index (Phi) is 5.77. The summed E-state index contributed by atoms with van der Waals surface area (Å²) in [5, 5.41) is 10.9. The number of aromatic nitrogens is 2. The van der Waals surface area contributed by atoms with Crippen LogP contribution in [-0.2, 0) is 6.54 Å². The van der Waals surface area contributed by atoms with E-state index < -0.39 is 10.5 Å². The van der Waals surface area contributed by atoms with Crippen LogP contribution < -0.4 is 19.3 Å². The lowest BCUT2D eigenvalue weighted by Gasteiger charge is -2.39. The maximum Gasteiger partial charge on any atom is 0.415 e. The second kappa shape index (κ2) is 8.89. The fraction of sp³-hybridized carbons (Fsp3) is 0.400. The molecule has 0 spiro atoms. The molecule has 0 radical (unpaired) electrons. The minimum Gasteiger partial charge on any atom is -0.489 e. The number of piperidine rings is 1. The van der Waals surface area contributed by atoms with Gasteiger partial charge in [0.25, 0.3) is 0 Å². The SMILES string of the molecule is CN(c1ccccc1)C1CCN(c2ccc(OC[C@@]3(C)Cn4cc([N+](=O)[O-])nc4O3)cc2)CC1. The maximum atomic E-state index is 10.9. The van der Waals surface area contributed by atoms with E-state index in [-0.39, 0.29) is 11.8 Å². The van der Waals surface area contributed by atoms with Crippen LogP contribution in [0.4, 0.5) is 17.2 Å². The Morgan fingerprint density at radius 2 is 1.88 bits per heavy atom. The van der Waals surface area contributed by atoms with Crippen molar-refractivity contribution in [2.24, 2.45) is 0 Å². The number of hydrogen-bond acceptors (Lipinski definition) is 7. The minimum atomic E-state index is -0.622. The molecule has 0 saturated carbocycles. The van der Waals surface area contributed by atoms with Crippen LogP contribution in [0.2, 0.25) is 0 Å². The second-order valence-corrected chi connectivity index (χ2v) is 9.27. The first kappa shape index (κ1) is 22.1. The summed E-state index contributed by atoms with van der Waals surface area (Å²) in [5.74, 6) is 0.562. The number of ether oxygens (including phenoxy) is 2. The minimum absolute atomic E-state index is 0.204. The number of para-hydroxylation sites is 1. The van der Waals surface area contributed by atoms with Crippen LogP contribution >= 0.6 is 0 Å². The van der Waals surface area contributed by atoms with Crippen molar-refractivity contribution >= 4 is 17.2 Å². The van der Waals surface area contributed by atoms with Gasteiger partial charge in [-0.2, -0.15) is 0 Å². The highest BCUT2D eigenvalue weighted by Gasteiger charge is 2.41. The number of nitro groups is 1. The van der Waals surface area contributed by atoms with Gasteiger partial charge in [-0.15, -0.1) is 0 Å². The molecule has 1 fully saturated rings. The molecule has 1 aromatic heterocycles. The highest BCUT2D eigenvalue weighted by atomic mass is 16.6. The van der Waals surface area contributed by atoms with E-state index in [4.69, 9.17) is 9.47 Å². The van der Waals surface area contributed by atoms with Gasteiger partial charge in [0.2, 0.25) is 0 Å². The summed E-state index contributed by atoms with van der Waals surface area (Å²) in [6.45, 7) is 4.73. The monoisotopic (exact) mass is 463 g/mol. The molecule has 5 rings (SSSR count). The number of fused-ring (bicyclic) bond motifs is 1. The van der Waals surface area contributed by atoms with Crippen LogP contribution in [0.3, 0.4) is 0 Å². The van der Waals surface area contributed by atoms with Crippen molar-refractivity contribution in [2.75, 3.05) is 36.5 Å². The molecule has 0 unspecified atom stereocenters. The van der Waals surface area contributed by atoms with Gasteiger partial charge in [-0.05, 0) is 61.1 Å². The maximum absolute atomic E-state index is 10.9. The van der Waals surface area contributed by atoms with Crippen LogP contribution in [0.1, 0.15) is 19.8 Å². The summed E-state index contributed by atoms with van der Waals surface area (Å²) in [4.78, 5) is 19.1. The first-order valence-electron chi connectivity index (χ1n) is 11.6. The molecule has 0 amide bonds. The summed E-state index contributed by atoms with van der Waals surface area (Å²) in [7, 11) is 2.19. The van der Waals surface area contributed by atoms with Crippen LogP contribution in [0.25, 0.3) is 0 Å². The van der Waals surface area contributed by atoms with Crippen LogP contribution in [-0.4, -0.2) is 52.9 Å². The fourth-order valence-electron chi connectivity index (χ4n) is 4.73. The summed E-state index contributed by atoms with van der Waals surface area (Å²) in [5.41, 5.74) is 1.84. The van der Waals surface area contributed by atoms with Gasteiger partial charge in [0.15, 0.2) is 5.60 Å². The van der Waals surface area contributed by atoms with E-state index in [0.717, 1.165) is 31.7 Å². The number of imidazole rings is 1. The molecule has 3 heterocycles. The number of benzene rings is 2. The zero-order chi connectivity index (χ0) is 23.7. The quantitative estimate of drug-likeness (QED) is 0.385. The topological polar surface area (TPSA) is 85.9 Å². The number of rotatable bonds is 7. The molecule has 0 aliphatic carbocycles. The Bertz CT molecular complexity index is 1120. The standard InChI is InChI=1S/C25H29N5O4/c1-25(17-29-16-23(30(31)32)26-24(29)34-25)18-33-22-10-8-21(9-11-22)28-14-12-20(13-15-28)27(2)19-6-4-3-5-7-19/h3-11,16,20H,12-15,17-18H2,1-2H3/t25-/m1/s1. The van der Waals surface area contributed by atoms with Gasteiger partial charge in [-0.25, -0.2) is 0 Å². The summed E-state index contributed by atoms with van der Waals surface area (Å²) in [6, 6.07) is 19.5. The molecule has 2 aliphatic rings. The largest absolute Gasteiger partial charge is 0.489 e. The van der Waals surface area contributed by atoms with Crippen molar-refractivity contribution in [1.82, 2.24) is 9.55 Å². The van der Waals surface area contributed by atoms with Gasteiger partial charge in [0, 0.05) is 42.5 Å². The average Bonchev–Trinajstić information content (AvgIpc) is 3.39. The number of anilines is 2. The second-order valence-electron chi connectivity index (χ2n) is 9.27. The van der Waals surface area contributed by atoms with Gasteiger partial charge in [0.05, 0.1) is 6.54 Å². The molecule has 3 aromatic rings. The molecular weight excluding hydrogens is 434 g/mol. The van der Waals surface area contributed by atoms with Crippen LogP contribution in [0, 0.1) is 10.1 Å². The Morgan fingerprint density at radius 3 is 2.53 bits per heavy atom. The van der Waals surface area contributed by atoms with E-state index in [0.29, 0.717) is 19.2 Å². The summed E-state index contributed by atoms with van der Waals surface area (Å²) < 4.78 is 13.5. The van der Waals surface area contributed by atoms with Crippen LogP contribution in [0.15, 0.2) is 60.8 Å². The third-order valence-corrected chi connectivity index (χ3v) is 6.68. The normalized spacial score (nSPS) is 20.0. The average molecular weight is 464 g/mol. The van der Waals surface area contributed by atoms with Gasteiger partial charge in [-0.1, -0.05) is 18.2 Å².